The van der Waals surface area contributed by atoms with Gasteiger partial charge in [0.15, 0.2) is 0 Å². The van der Waals surface area contributed by atoms with E-state index in [0.717, 1.165) is 12.2 Å². The van der Waals surface area contributed by atoms with Crippen molar-refractivity contribution in [3.05, 3.63) is 30.3 Å². The van der Waals surface area contributed by atoms with E-state index in [1.165, 1.54) is 7.05 Å². The van der Waals surface area contributed by atoms with Gasteiger partial charge in [-0.3, -0.25) is 0 Å². The summed E-state index contributed by atoms with van der Waals surface area (Å²) in [5.41, 5.74) is 9.83. The zero-order valence-corrected chi connectivity index (χ0v) is 9.80. The first kappa shape index (κ1) is 14.9. The SMILES string of the molecule is CN.NCCCC(O)COc1ccccc1. The van der Waals surface area contributed by atoms with Gasteiger partial charge in [-0.25, -0.2) is 0 Å². The van der Waals surface area contributed by atoms with Crippen molar-refractivity contribution in [3.63, 3.8) is 0 Å². The number of hydrogen-bond acceptors (Lipinski definition) is 4. The van der Waals surface area contributed by atoms with Gasteiger partial charge >= 0.3 is 0 Å². The summed E-state index contributed by atoms with van der Waals surface area (Å²) >= 11 is 0. The molecule has 0 saturated carbocycles. The van der Waals surface area contributed by atoms with E-state index in [1.54, 1.807) is 0 Å². The van der Waals surface area contributed by atoms with Gasteiger partial charge < -0.3 is 21.3 Å². The van der Waals surface area contributed by atoms with Gasteiger partial charge in [-0.2, -0.15) is 0 Å². The van der Waals surface area contributed by atoms with Crippen LogP contribution in [0.25, 0.3) is 0 Å². The lowest BCUT2D eigenvalue weighted by molar-refractivity contribution is 0.0987. The summed E-state index contributed by atoms with van der Waals surface area (Å²) in [5.74, 6) is 0.791. The van der Waals surface area contributed by atoms with E-state index in [0.29, 0.717) is 19.6 Å². The molecule has 1 rings (SSSR count). The molecular weight excluding hydrogens is 204 g/mol. The molecule has 0 bridgehead atoms. The van der Waals surface area contributed by atoms with E-state index in [2.05, 4.69) is 5.73 Å². The molecule has 0 radical (unpaired) electrons. The van der Waals surface area contributed by atoms with Crippen LogP contribution in [0.4, 0.5) is 0 Å². The number of benzene rings is 1. The fourth-order valence-electron chi connectivity index (χ4n) is 1.15. The number of ether oxygens (including phenoxy) is 1. The van der Waals surface area contributed by atoms with E-state index in [-0.39, 0.29) is 0 Å². The largest absolute Gasteiger partial charge is 0.491 e. The molecule has 0 saturated heterocycles. The predicted molar refractivity (Wildman–Crippen MR) is 66.3 cm³/mol. The minimum atomic E-state index is -0.418. The Hall–Kier alpha value is -1.10. The maximum Gasteiger partial charge on any atom is 0.119 e. The topological polar surface area (TPSA) is 81.5 Å². The molecule has 16 heavy (non-hydrogen) atoms. The van der Waals surface area contributed by atoms with Crippen LogP contribution in [0, 0.1) is 0 Å². The van der Waals surface area contributed by atoms with Gasteiger partial charge in [0, 0.05) is 0 Å². The highest BCUT2D eigenvalue weighted by molar-refractivity contribution is 5.20. The second-order valence-electron chi connectivity index (χ2n) is 3.21. The molecule has 0 amide bonds. The van der Waals surface area contributed by atoms with Crippen LogP contribution in [0.2, 0.25) is 0 Å². The number of hydrogen-bond donors (Lipinski definition) is 3. The first-order valence-corrected chi connectivity index (χ1v) is 5.46. The van der Waals surface area contributed by atoms with E-state index in [9.17, 15) is 5.11 Å². The quantitative estimate of drug-likeness (QED) is 0.668. The summed E-state index contributed by atoms with van der Waals surface area (Å²) in [6.07, 6.45) is 1.11. The Balaban J connectivity index is 0.00000106. The lowest BCUT2D eigenvalue weighted by atomic mass is 10.2. The Morgan fingerprint density at radius 2 is 1.88 bits per heavy atom. The fraction of sp³-hybridized carbons (Fsp3) is 0.500. The molecule has 0 fully saturated rings. The van der Waals surface area contributed by atoms with Gasteiger partial charge in [-0.15, -0.1) is 0 Å². The summed E-state index contributed by atoms with van der Waals surface area (Å²) < 4.78 is 5.37. The molecule has 4 nitrogen and oxygen atoms in total. The van der Waals surface area contributed by atoms with Crippen LogP contribution in [0.3, 0.4) is 0 Å². The first-order valence-electron chi connectivity index (χ1n) is 5.46. The summed E-state index contributed by atoms with van der Waals surface area (Å²) in [4.78, 5) is 0. The van der Waals surface area contributed by atoms with Crippen LogP contribution >= 0.6 is 0 Å². The average Bonchev–Trinajstić information content (AvgIpc) is 2.37. The molecule has 0 aromatic heterocycles. The minimum absolute atomic E-state index is 0.337. The lowest BCUT2D eigenvalue weighted by Crippen LogP contribution is -2.18. The number of rotatable bonds is 6. The van der Waals surface area contributed by atoms with Gasteiger partial charge in [0.25, 0.3) is 0 Å². The molecule has 92 valence electrons. The molecule has 1 atom stereocenters. The number of nitrogens with two attached hydrogens (primary N) is 2. The second kappa shape index (κ2) is 10.4. The molecular formula is C12H22N2O2. The number of aliphatic hydroxyl groups excluding tert-OH is 1. The zero-order chi connectivity index (χ0) is 12.2. The Morgan fingerprint density at radius 3 is 2.44 bits per heavy atom. The molecule has 0 aliphatic rings. The van der Waals surface area contributed by atoms with Crippen LogP contribution in [0.1, 0.15) is 12.8 Å². The molecule has 0 spiro atoms. The fourth-order valence-corrected chi connectivity index (χ4v) is 1.15. The van der Waals surface area contributed by atoms with Gasteiger partial charge in [0.1, 0.15) is 12.4 Å². The number of para-hydroxylation sites is 1. The van der Waals surface area contributed by atoms with Crippen molar-refractivity contribution in [1.29, 1.82) is 0 Å². The highest BCUT2D eigenvalue weighted by atomic mass is 16.5. The van der Waals surface area contributed by atoms with E-state index < -0.39 is 6.10 Å². The van der Waals surface area contributed by atoms with Gasteiger partial charge in [-0.05, 0) is 38.6 Å². The van der Waals surface area contributed by atoms with Crippen molar-refractivity contribution >= 4 is 0 Å². The molecule has 0 heterocycles. The molecule has 1 unspecified atom stereocenters. The van der Waals surface area contributed by atoms with Crippen LogP contribution in [0.15, 0.2) is 30.3 Å². The zero-order valence-electron chi connectivity index (χ0n) is 9.80. The van der Waals surface area contributed by atoms with E-state index >= 15 is 0 Å². The maximum atomic E-state index is 9.46. The van der Waals surface area contributed by atoms with Crippen molar-refractivity contribution in [2.45, 2.75) is 18.9 Å². The first-order chi connectivity index (χ1) is 7.83. The average molecular weight is 226 g/mol. The van der Waals surface area contributed by atoms with Crippen molar-refractivity contribution < 1.29 is 9.84 Å². The normalized spacial score (nSPS) is 11.2. The Kier molecular flexibility index (Phi) is 9.70. The Labute approximate surface area is 97.2 Å². The summed E-state index contributed by atoms with van der Waals surface area (Å²) in [7, 11) is 1.50. The molecule has 0 aliphatic heterocycles. The Morgan fingerprint density at radius 1 is 1.25 bits per heavy atom. The third-order valence-corrected chi connectivity index (χ3v) is 1.93. The Bertz CT molecular complexity index is 242. The standard InChI is InChI=1S/C11H17NO2.CH5N/c12-8-4-5-10(13)9-14-11-6-2-1-3-7-11;1-2/h1-3,6-7,10,13H,4-5,8-9,12H2;2H2,1H3. The van der Waals surface area contributed by atoms with E-state index in [1.807, 2.05) is 30.3 Å². The summed E-state index contributed by atoms with van der Waals surface area (Å²) in [5, 5.41) is 9.46. The van der Waals surface area contributed by atoms with Crippen molar-refractivity contribution in [2.24, 2.45) is 11.5 Å². The molecule has 1 aromatic rings. The molecule has 4 heteroatoms. The molecule has 0 aliphatic carbocycles. The predicted octanol–water partition coefficient (Wildman–Crippen LogP) is 0.740. The van der Waals surface area contributed by atoms with E-state index in [4.69, 9.17) is 10.5 Å². The van der Waals surface area contributed by atoms with Crippen LogP contribution in [0.5, 0.6) is 5.75 Å². The van der Waals surface area contributed by atoms with Crippen molar-refractivity contribution in [1.82, 2.24) is 0 Å². The highest BCUT2D eigenvalue weighted by Gasteiger charge is 2.03. The van der Waals surface area contributed by atoms with Crippen molar-refractivity contribution in [3.8, 4) is 5.75 Å². The molecule has 5 N–H and O–H groups in total. The second-order valence-corrected chi connectivity index (χ2v) is 3.21. The van der Waals surface area contributed by atoms with Gasteiger partial charge in [-0.1, -0.05) is 18.2 Å². The van der Waals surface area contributed by atoms with Crippen LogP contribution < -0.4 is 16.2 Å². The van der Waals surface area contributed by atoms with Gasteiger partial charge in [0.05, 0.1) is 6.10 Å². The number of aliphatic hydroxyl groups is 1. The third kappa shape index (κ3) is 7.23. The smallest absolute Gasteiger partial charge is 0.119 e. The van der Waals surface area contributed by atoms with Gasteiger partial charge in [0.2, 0.25) is 0 Å². The third-order valence-electron chi connectivity index (χ3n) is 1.93. The lowest BCUT2D eigenvalue weighted by Gasteiger charge is -2.11. The summed E-state index contributed by atoms with van der Waals surface area (Å²) in [6.45, 7) is 0.951. The van der Waals surface area contributed by atoms with Crippen LogP contribution in [-0.2, 0) is 0 Å². The van der Waals surface area contributed by atoms with Crippen molar-refractivity contribution in [2.75, 3.05) is 20.2 Å². The highest BCUT2D eigenvalue weighted by Crippen LogP contribution is 2.09. The maximum absolute atomic E-state index is 9.46. The van der Waals surface area contributed by atoms with Crippen LogP contribution in [-0.4, -0.2) is 31.4 Å². The monoisotopic (exact) mass is 226 g/mol. The minimum Gasteiger partial charge on any atom is -0.491 e. The molecule has 1 aromatic carbocycles. The summed E-state index contributed by atoms with van der Waals surface area (Å²) in [6, 6.07) is 9.48.